The molecule has 0 spiro atoms. The lowest BCUT2D eigenvalue weighted by atomic mass is 10.0. The number of hydrogen-bond donors (Lipinski definition) is 3. The van der Waals surface area contributed by atoms with E-state index in [1.54, 1.807) is 6.20 Å². The molecule has 6 nitrogen and oxygen atoms in total. The highest BCUT2D eigenvalue weighted by Crippen LogP contribution is 2.36. The molecule has 26 heavy (non-hydrogen) atoms. The van der Waals surface area contributed by atoms with Crippen LogP contribution in [0.25, 0.3) is 11.0 Å². The fourth-order valence-corrected chi connectivity index (χ4v) is 5.06. The van der Waals surface area contributed by atoms with Gasteiger partial charge < -0.3 is 20.9 Å². The van der Waals surface area contributed by atoms with E-state index in [0.717, 1.165) is 43.0 Å². The lowest BCUT2D eigenvalue weighted by Crippen LogP contribution is -2.47. The predicted octanol–water partition coefficient (Wildman–Crippen LogP) is 2.97. The van der Waals surface area contributed by atoms with Crippen molar-refractivity contribution < 1.29 is 4.79 Å². The maximum atomic E-state index is 11.8. The number of hydrogen-bond acceptors (Lipinski definition) is 4. The number of amides is 1. The number of H-pyrrole nitrogens is 1. The second kappa shape index (κ2) is 7.56. The molecule has 1 aliphatic carbocycles. The Hall–Kier alpha value is -1.60. The summed E-state index contributed by atoms with van der Waals surface area (Å²) in [4.78, 5) is 21.5. The second-order valence-electron chi connectivity index (χ2n) is 7.49. The van der Waals surface area contributed by atoms with Crippen LogP contribution in [0.15, 0.2) is 10.7 Å². The molecule has 0 unspecified atom stereocenters. The van der Waals surface area contributed by atoms with Crippen LogP contribution in [0, 0.1) is 12.0 Å². The summed E-state index contributed by atoms with van der Waals surface area (Å²) in [6.07, 6.45) is 9.52. The zero-order valence-corrected chi connectivity index (χ0v) is 16.4. The molecule has 1 saturated heterocycles. The summed E-state index contributed by atoms with van der Waals surface area (Å²) in [6, 6.07) is 3.69. The van der Waals surface area contributed by atoms with Gasteiger partial charge in [-0.25, -0.2) is 4.98 Å². The molecule has 4 rings (SSSR count). The van der Waals surface area contributed by atoms with E-state index in [1.807, 2.05) is 0 Å². The number of rotatable bonds is 5. The van der Waals surface area contributed by atoms with Gasteiger partial charge in [0.25, 0.3) is 5.91 Å². The molecule has 2 aromatic rings. The number of carbonyl (C=O) groups is 1. The Morgan fingerprint density at radius 1 is 1.38 bits per heavy atom. The minimum atomic E-state index is -0.525. The molecule has 2 aromatic heterocycles. The molecular weight excluding hydrogens is 394 g/mol. The van der Waals surface area contributed by atoms with Crippen LogP contribution in [0.4, 0.5) is 5.69 Å². The minimum absolute atomic E-state index is 0.268. The fourth-order valence-electron chi connectivity index (χ4n) is 4.32. The largest absolute Gasteiger partial charge is 0.368 e. The number of primary amides is 1. The fraction of sp³-hybridized carbons (Fsp3) is 0.579. The summed E-state index contributed by atoms with van der Waals surface area (Å²) >= 11 is 3.58. The van der Waals surface area contributed by atoms with Gasteiger partial charge in [-0.05, 0) is 54.1 Å². The van der Waals surface area contributed by atoms with E-state index in [4.69, 9.17) is 5.73 Å². The highest BCUT2D eigenvalue weighted by molar-refractivity contribution is 9.10. The molecular formula is C19H25BrN5O. The average molecular weight is 419 g/mol. The monoisotopic (exact) mass is 418 g/mol. The maximum Gasteiger partial charge on any atom is 0.268 e. The first-order valence-electron chi connectivity index (χ1n) is 9.50. The van der Waals surface area contributed by atoms with E-state index in [1.165, 1.54) is 32.1 Å². The third-order valence-corrected chi connectivity index (χ3v) is 6.43. The van der Waals surface area contributed by atoms with Gasteiger partial charge in [-0.2, -0.15) is 0 Å². The van der Waals surface area contributed by atoms with Crippen molar-refractivity contribution in [3.8, 4) is 0 Å². The van der Waals surface area contributed by atoms with Gasteiger partial charge in [-0.1, -0.05) is 12.8 Å². The Morgan fingerprint density at radius 2 is 2.19 bits per heavy atom. The summed E-state index contributed by atoms with van der Waals surface area (Å²) in [7, 11) is 0. The van der Waals surface area contributed by atoms with Crippen molar-refractivity contribution in [3.63, 3.8) is 0 Å². The number of fused-ring (bicyclic) bond motifs is 1. The molecule has 1 radical (unpaired) electrons. The SMILES string of the molecule is NC(=O)c1nc2[nH]c[c]c2c(N2CCC[C@@H](NCC3CCCC3)C2)c1Br. The van der Waals surface area contributed by atoms with Crippen LogP contribution in [0.3, 0.4) is 0 Å². The number of halogens is 1. The normalized spacial score (nSPS) is 21.6. The number of carbonyl (C=O) groups excluding carboxylic acids is 1. The Balaban J connectivity index is 1.57. The molecule has 7 heteroatoms. The number of aromatic amines is 1. The Labute approximate surface area is 162 Å². The summed E-state index contributed by atoms with van der Waals surface area (Å²) in [6.45, 7) is 2.99. The smallest absolute Gasteiger partial charge is 0.268 e. The molecule has 4 N–H and O–H groups in total. The van der Waals surface area contributed by atoms with Crippen LogP contribution in [-0.2, 0) is 0 Å². The highest BCUT2D eigenvalue weighted by Gasteiger charge is 2.27. The van der Waals surface area contributed by atoms with Crippen LogP contribution >= 0.6 is 15.9 Å². The van der Waals surface area contributed by atoms with Crippen molar-refractivity contribution in [2.45, 2.75) is 44.6 Å². The lowest BCUT2D eigenvalue weighted by Gasteiger charge is -2.36. The van der Waals surface area contributed by atoms with E-state index >= 15 is 0 Å². The van der Waals surface area contributed by atoms with Crippen molar-refractivity contribution >= 4 is 38.6 Å². The third kappa shape index (κ3) is 3.47. The van der Waals surface area contributed by atoms with Gasteiger partial charge in [-0.15, -0.1) is 0 Å². The molecule has 0 bridgehead atoms. The summed E-state index contributed by atoms with van der Waals surface area (Å²) in [5, 5.41) is 4.68. The Kier molecular flexibility index (Phi) is 5.18. The number of pyridine rings is 1. The molecule has 1 aliphatic heterocycles. The number of nitrogens with two attached hydrogens (primary N) is 1. The topological polar surface area (TPSA) is 87.0 Å². The second-order valence-corrected chi connectivity index (χ2v) is 8.28. The zero-order valence-electron chi connectivity index (χ0n) is 14.9. The third-order valence-electron chi connectivity index (χ3n) is 5.68. The maximum absolute atomic E-state index is 11.8. The quantitative estimate of drug-likeness (QED) is 0.696. The van der Waals surface area contributed by atoms with E-state index < -0.39 is 5.91 Å². The molecule has 0 aromatic carbocycles. The van der Waals surface area contributed by atoms with Crippen LogP contribution in [0.2, 0.25) is 0 Å². The molecule has 1 saturated carbocycles. The molecule has 3 heterocycles. The Morgan fingerprint density at radius 3 is 2.96 bits per heavy atom. The van der Waals surface area contributed by atoms with Crippen LogP contribution in [0.5, 0.6) is 0 Å². The van der Waals surface area contributed by atoms with Gasteiger partial charge in [0.2, 0.25) is 0 Å². The molecule has 2 aliphatic rings. The van der Waals surface area contributed by atoms with Gasteiger partial charge in [0.1, 0.15) is 11.3 Å². The van der Waals surface area contributed by atoms with Crippen LogP contribution in [0.1, 0.15) is 49.0 Å². The first-order valence-corrected chi connectivity index (χ1v) is 10.3. The van der Waals surface area contributed by atoms with E-state index in [0.29, 0.717) is 16.2 Å². The van der Waals surface area contributed by atoms with Crippen LogP contribution < -0.4 is 16.0 Å². The number of aromatic nitrogens is 2. The Bertz CT molecular complexity index is 799. The minimum Gasteiger partial charge on any atom is -0.368 e. The van der Waals surface area contributed by atoms with Gasteiger partial charge >= 0.3 is 0 Å². The number of nitrogens with one attached hydrogen (secondary N) is 2. The lowest BCUT2D eigenvalue weighted by molar-refractivity contribution is 0.0995. The summed E-state index contributed by atoms with van der Waals surface area (Å²) < 4.78 is 0.671. The zero-order chi connectivity index (χ0) is 18.1. The first-order chi connectivity index (χ1) is 12.6. The van der Waals surface area contributed by atoms with Crippen molar-refractivity contribution in [1.29, 1.82) is 0 Å². The number of piperidine rings is 1. The number of nitrogens with zero attached hydrogens (tertiary/aromatic N) is 2. The predicted molar refractivity (Wildman–Crippen MR) is 106 cm³/mol. The molecule has 1 amide bonds. The summed E-state index contributed by atoms with van der Waals surface area (Å²) in [5.41, 5.74) is 7.42. The van der Waals surface area contributed by atoms with E-state index in [9.17, 15) is 4.79 Å². The van der Waals surface area contributed by atoms with Gasteiger partial charge in [0, 0.05) is 31.4 Å². The average Bonchev–Trinajstić information content (AvgIpc) is 3.31. The molecule has 139 valence electrons. The van der Waals surface area contributed by atoms with Crippen molar-refractivity contribution in [2.75, 3.05) is 24.5 Å². The van der Waals surface area contributed by atoms with Crippen LogP contribution in [-0.4, -0.2) is 41.6 Å². The summed E-state index contributed by atoms with van der Waals surface area (Å²) in [5.74, 6) is 0.312. The standard InChI is InChI=1S/C19H25BrN5O/c20-15-16(18(21)26)24-19-14(7-8-22-19)17(15)25-9-3-6-13(11-25)23-10-12-4-1-2-5-12/h8,12-13,23H,1-6,9-11H2,(H2,21,26)(H,22,24)/t13-/m1/s1. The highest BCUT2D eigenvalue weighted by atomic mass is 79.9. The van der Waals surface area contributed by atoms with E-state index in [2.05, 4.69) is 42.2 Å². The van der Waals surface area contributed by atoms with Crippen molar-refractivity contribution in [1.82, 2.24) is 15.3 Å². The molecule has 2 fully saturated rings. The van der Waals surface area contributed by atoms with Gasteiger partial charge in [0.05, 0.1) is 15.5 Å². The van der Waals surface area contributed by atoms with Crippen molar-refractivity contribution in [3.05, 3.63) is 22.4 Å². The van der Waals surface area contributed by atoms with Gasteiger partial charge in [0.15, 0.2) is 0 Å². The van der Waals surface area contributed by atoms with E-state index in [-0.39, 0.29) is 5.69 Å². The number of anilines is 1. The first kappa shape index (κ1) is 17.8. The van der Waals surface area contributed by atoms with Gasteiger partial charge in [-0.3, -0.25) is 4.79 Å². The molecule has 1 atom stereocenters. The van der Waals surface area contributed by atoms with Crippen molar-refractivity contribution in [2.24, 2.45) is 11.7 Å².